The summed E-state index contributed by atoms with van der Waals surface area (Å²) >= 11 is 0. The van der Waals surface area contributed by atoms with E-state index in [4.69, 9.17) is 4.55 Å². The van der Waals surface area contributed by atoms with Gasteiger partial charge in [-0.25, -0.2) is 8.78 Å². The van der Waals surface area contributed by atoms with Gasteiger partial charge in [0, 0.05) is 0 Å². The Balaban J connectivity index is 2.46. The van der Waals surface area contributed by atoms with Crippen LogP contribution < -0.4 is 4.74 Å². The highest BCUT2D eigenvalue weighted by molar-refractivity contribution is 7.85. The molecule has 1 N–H and O–H groups in total. The largest absolute Gasteiger partial charge is 0.483 e. The van der Waals surface area contributed by atoms with Gasteiger partial charge < -0.3 is 4.74 Å². The van der Waals surface area contributed by atoms with Gasteiger partial charge in [0.2, 0.25) is 11.6 Å². The van der Waals surface area contributed by atoms with E-state index in [0.717, 1.165) is 0 Å². The SMILES string of the molecule is O=S(=O)(O)c1c(F)c(F)c(OCc2ccccc2)c(F)c1F. The number of ether oxygens (including phenoxy) is 1. The molecule has 2 rings (SSSR count). The van der Waals surface area contributed by atoms with E-state index in [2.05, 4.69) is 4.74 Å². The highest BCUT2D eigenvalue weighted by Crippen LogP contribution is 2.32. The van der Waals surface area contributed by atoms with Gasteiger partial charge >= 0.3 is 10.1 Å². The third kappa shape index (κ3) is 3.04. The second-order valence-electron chi connectivity index (χ2n) is 4.16. The van der Waals surface area contributed by atoms with E-state index < -0.39 is 50.6 Å². The molecule has 2 aromatic carbocycles. The molecule has 9 heteroatoms. The van der Waals surface area contributed by atoms with E-state index in [1.165, 1.54) is 12.1 Å². The molecular weight excluding hydrogens is 328 g/mol. The number of hydrogen-bond donors (Lipinski definition) is 1. The molecule has 4 nitrogen and oxygen atoms in total. The fourth-order valence-corrected chi connectivity index (χ4v) is 2.31. The van der Waals surface area contributed by atoms with Crippen molar-refractivity contribution in [2.24, 2.45) is 0 Å². The summed E-state index contributed by atoms with van der Waals surface area (Å²) in [7, 11) is -5.48. The average Bonchev–Trinajstić information content (AvgIpc) is 2.45. The first-order chi connectivity index (χ1) is 10.2. The van der Waals surface area contributed by atoms with Crippen molar-refractivity contribution in [3.05, 3.63) is 59.2 Å². The third-order valence-electron chi connectivity index (χ3n) is 2.67. The van der Waals surface area contributed by atoms with Gasteiger partial charge in [0.1, 0.15) is 6.61 Å². The summed E-state index contributed by atoms with van der Waals surface area (Å²) in [5, 5.41) is 0. The molecule has 0 saturated carbocycles. The molecule has 22 heavy (non-hydrogen) atoms. The number of rotatable bonds is 4. The summed E-state index contributed by atoms with van der Waals surface area (Å²) in [6.45, 7) is -0.404. The molecule has 2 aromatic rings. The van der Waals surface area contributed by atoms with Crippen LogP contribution in [-0.4, -0.2) is 13.0 Å². The first-order valence-corrected chi connectivity index (χ1v) is 7.17. The molecule has 118 valence electrons. The standard InChI is InChI=1S/C13H8F4O4S/c14-8-10(16)13(22(18,19)20)11(17)9(15)12(8)21-6-7-4-2-1-3-5-7/h1-5H,6H2,(H,18,19,20). The first kappa shape index (κ1) is 16.2. The Morgan fingerprint density at radius 3 is 1.86 bits per heavy atom. The van der Waals surface area contributed by atoms with Crippen molar-refractivity contribution in [1.82, 2.24) is 0 Å². The van der Waals surface area contributed by atoms with Crippen molar-refractivity contribution in [2.45, 2.75) is 11.5 Å². The second-order valence-corrected chi connectivity index (χ2v) is 5.52. The van der Waals surface area contributed by atoms with Gasteiger partial charge in [0.25, 0.3) is 0 Å². The average molecular weight is 336 g/mol. The molecule has 0 atom stereocenters. The van der Waals surface area contributed by atoms with E-state index in [1.54, 1.807) is 18.2 Å². The predicted octanol–water partition coefficient (Wildman–Crippen LogP) is 3.07. The molecule has 0 unspecified atom stereocenters. The minimum absolute atomic E-state index is 0.404. The van der Waals surface area contributed by atoms with Crippen LogP contribution in [0, 0.1) is 23.3 Å². The zero-order valence-corrected chi connectivity index (χ0v) is 11.5. The van der Waals surface area contributed by atoms with Gasteiger partial charge in [0.05, 0.1) is 0 Å². The zero-order chi connectivity index (χ0) is 16.5. The van der Waals surface area contributed by atoms with Gasteiger partial charge in [0.15, 0.2) is 22.3 Å². The number of hydrogen-bond acceptors (Lipinski definition) is 3. The van der Waals surface area contributed by atoms with Crippen LogP contribution in [0.1, 0.15) is 5.56 Å². The topological polar surface area (TPSA) is 63.6 Å². The normalized spacial score (nSPS) is 11.5. The highest BCUT2D eigenvalue weighted by Gasteiger charge is 2.33. The molecule has 0 spiro atoms. The van der Waals surface area contributed by atoms with Crippen molar-refractivity contribution < 1.29 is 35.3 Å². The third-order valence-corrected chi connectivity index (χ3v) is 3.54. The molecule has 0 heterocycles. The van der Waals surface area contributed by atoms with E-state index in [9.17, 15) is 26.0 Å². The van der Waals surface area contributed by atoms with Crippen molar-refractivity contribution in [3.8, 4) is 5.75 Å². The lowest BCUT2D eigenvalue weighted by Crippen LogP contribution is -2.12. The highest BCUT2D eigenvalue weighted by atomic mass is 32.2. The fourth-order valence-electron chi connectivity index (χ4n) is 1.67. The Hall–Kier alpha value is -2.13. The van der Waals surface area contributed by atoms with Gasteiger partial charge in [-0.15, -0.1) is 0 Å². The lowest BCUT2D eigenvalue weighted by molar-refractivity contribution is 0.257. The number of benzene rings is 2. The maximum atomic E-state index is 13.7. The summed E-state index contributed by atoms with van der Waals surface area (Å²) in [5.41, 5.74) is 0.459. The summed E-state index contributed by atoms with van der Waals surface area (Å²) < 4.78 is 89.2. The Morgan fingerprint density at radius 1 is 0.909 bits per heavy atom. The maximum Gasteiger partial charge on any atom is 0.300 e. The van der Waals surface area contributed by atoms with Gasteiger partial charge in [-0.05, 0) is 5.56 Å². The van der Waals surface area contributed by atoms with Crippen LogP contribution in [0.25, 0.3) is 0 Å². The lowest BCUT2D eigenvalue weighted by atomic mass is 10.2. The van der Waals surface area contributed by atoms with Gasteiger partial charge in [-0.3, -0.25) is 4.55 Å². The summed E-state index contributed by atoms with van der Waals surface area (Å²) in [4.78, 5) is -2.10. The lowest BCUT2D eigenvalue weighted by Gasteiger charge is -2.11. The Bertz CT molecular complexity index is 778. The van der Waals surface area contributed by atoms with E-state index >= 15 is 0 Å². The second kappa shape index (κ2) is 5.93. The van der Waals surface area contributed by atoms with Crippen LogP contribution in [0.2, 0.25) is 0 Å². The Kier molecular flexibility index (Phi) is 4.38. The smallest absolute Gasteiger partial charge is 0.300 e. The van der Waals surface area contributed by atoms with Crippen LogP contribution in [0.15, 0.2) is 35.2 Å². The van der Waals surface area contributed by atoms with E-state index in [1.807, 2.05) is 0 Å². The van der Waals surface area contributed by atoms with Crippen molar-refractivity contribution in [3.63, 3.8) is 0 Å². The maximum absolute atomic E-state index is 13.7. The molecule has 0 aliphatic heterocycles. The molecule has 0 saturated heterocycles. The molecule has 0 fully saturated rings. The van der Waals surface area contributed by atoms with Crippen LogP contribution in [0.4, 0.5) is 17.6 Å². The Labute approximate surface area is 122 Å². The molecule has 0 aliphatic carbocycles. The van der Waals surface area contributed by atoms with Crippen LogP contribution >= 0.6 is 0 Å². The molecule has 0 aromatic heterocycles. The molecule has 0 amide bonds. The number of halogens is 4. The quantitative estimate of drug-likeness (QED) is 0.529. The monoisotopic (exact) mass is 336 g/mol. The van der Waals surface area contributed by atoms with Gasteiger partial charge in [-0.1, -0.05) is 30.3 Å². The molecule has 0 aliphatic rings. The summed E-state index contributed by atoms with van der Waals surface area (Å²) in [5.74, 6) is -10.0. The van der Waals surface area contributed by atoms with Crippen LogP contribution in [0.5, 0.6) is 5.75 Å². The van der Waals surface area contributed by atoms with E-state index in [-0.39, 0.29) is 0 Å². The molecule has 0 radical (unpaired) electrons. The summed E-state index contributed by atoms with van der Waals surface area (Å²) in [6, 6.07) is 7.96. The summed E-state index contributed by atoms with van der Waals surface area (Å²) in [6.07, 6.45) is 0. The van der Waals surface area contributed by atoms with E-state index in [0.29, 0.717) is 5.56 Å². The van der Waals surface area contributed by atoms with Gasteiger partial charge in [-0.2, -0.15) is 17.2 Å². The Morgan fingerprint density at radius 2 is 1.41 bits per heavy atom. The van der Waals surface area contributed by atoms with Crippen molar-refractivity contribution in [2.75, 3.05) is 0 Å². The van der Waals surface area contributed by atoms with Crippen molar-refractivity contribution in [1.29, 1.82) is 0 Å². The predicted molar refractivity (Wildman–Crippen MR) is 66.9 cm³/mol. The fraction of sp³-hybridized carbons (Fsp3) is 0.0769. The van der Waals surface area contributed by atoms with Crippen molar-refractivity contribution >= 4 is 10.1 Å². The molecule has 0 bridgehead atoms. The minimum atomic E-state index is -5.48. The van der Waals surface area contributed by atoms with Crippen LogP contribution in [-0.2, 0) is 16.7 Å². The first-order valence-electron chi connectivity index (χ1n) is 5.73. The van der Waals surface area contributed by atoms with Crippen LogP contribution in [0.3, 0.4) is 0 Å². The zero-order valence-electron chi connectivity index (χ0n) is 10.7. The minimum Gasteiger partial charge on any atom is -0.483 e. The molecular formula is C13H8F4O4S.